The number of rotatable bonds is 6. The van der Waals surface area contributed by atoms with Crippen LogP contribution in [0, 0.1) is 5.92 Å². The summed E-state index contributed by atoms with van der Waals surface area (Å²) in [6.07, 6.45) is 6.89. The van der Waals surface area contributed by atoms with Gasteiger partial charge in [-0.15, -0.1) is 0 Å². The molecule has 0 aromatic rings. The third kappa shape index (κ3) is 3.92. The van der Waals surface area contributed by atoms with Crippen molar-refractivity contribution < 1.29 is 0 Å². The van der Waals surface area contributed by atoms with Crippen molar-refractivity contribution in [3.05, 3.63) is 0 Å². The van der Waals surface area contributed by atoms with E-state index in [0.29, 0.717) is 6.04 Å². The highest BCUT2D eigenvalue weighted by atomic mass is 32.2. The van der Waals surface area contributed by atoms with Gasteiger partial charge in [-0.1, -0.05) is 34.1 Å². The summed E-state index contributed by atoms with van der Waals surface area (Å²) in [6, 6.07) is 2.34. The first-order valence-corrected chi connectivity index (χ1v) is 9.85. The van der Waals surface area contributed by atoms with Crippen LogP contribution < -0.4 is 5.32 Å². The number of nitrogens with one attached hydrogen (secondary N) is 1. The Kier molecular flexibility index (Phi) is 6.70. The lowest BCUT2D eigenvalue weighted by molar-refractivity contribution is 0.0665. The Labute approximate surface area is 130 Å². The summed E-state index contributed by atoms with van der Waals surface area (Å²) in [5.74, 6) is 2.09. The highest BCUT2D eigenvalue weighted by molar-refractivity contribution is 7.99. The van der Waals surface area contributed by atoms with E-state index in [1.54, 1.807) is 0 Å². The number of nitrogens with zero attached hydrogens (tertiary/aromatic N) is 1. The monoisotopic (exact) mass is 298 g/mol. The van der Waals surface area contributed by atoms with Gasteiger partial charge in [-0.2, -0.15) is 11.8 Å². The number of piperazine rings is 1. The molecule has 1 saturated carbocycles. The van der Waals surface area contributed by atoms with Crippen LogP contribution in [-0.2, 0) is 0 Å². The lowest BCUT2D eigenvalue weighted by atomic mass is 9.93. The normalized spacial score (nSPS) is 37.2. The first-order chi connectivity index (χ1) is 9.69. The van der Waals surface area contributed by atoms with E-state index < -0.39 is 0 Å². The third-order valence-corrected chi connectivity index (χ3v) is 6.76. The van der Waals surface area contributed by atoms with Crippen molar-refractivity contribution in [3.8, 4) is 0 Å². The second kappa shape index (κ2) is 8.05. The van der Waals surface area contributed by atoms with Crippen molar-refractivity contribution in [1.82, 2.24) is 10.2 Å². The van der Waals surface area contributed by atoms with Crippen molar-refractivity contribution >= 4 is 11.8 Å². The molecule has 0 aromatic heterocycles. The largest absolute Gasteiger partial charge is 0.311 e. The summed E-state index contributed by atoms with van der Waals surface area (Å²) in [5, 5.41) is 4.74. The van der Waals surface area contributed by atoms with Gasteiger partial charge in [0.05, 0.1) is 0 Å². The molecule has 0 amide bonds. The van der Waals surface area contributed by atoms with E-state index in [-0.39, 0.29) is 0 Å². The van der Waals surface area contributed by atoms with Crippen molar-refractivity contribution in [1.29, 1.82) is 0 Å². The van der Waals surface area contributed by atoms with Crippen LogP contribution in [0.4, 0.5) is 0 Å². The van der Waals surface area contributed by atoms with Gasteiger partial charge in [0.15, 0.2) is 0 Å². The number of hydrogen-bond donors (Lipinski definition) is 1. The van der Waals surface area contributed by atoms with Crippen molar-refractivity contribution in [2.24, 2.45) is 5.92 Å². The molecule has 0 aromatic carbocycles. The van der Waals surface area contributed by atoms with Crippen LogP contribution in [0.2, 0.25) is 0 Å². The van der Waals surface area contributed by atoms with Crippen molar-refractivity contribution in [2.45, 2.75) is 83.2 Å². The molecule has 2 rings (SSSR count). The maximum absolute atomic E-state index is 3.81. The van der Waals surface area contributed by atoms with Gasteiger partial charge in [0.2, 0.25) is 0 Å². The second-order valence-corrected chi connectivity index (χ2v) is 8.28. The molecule has 118 valence electrons. The third-order valence-electron chi connectivity index (χ3n) is 5.52. The van der Waals surface area contributed by atoms with Gasteiger partial charge in [-0.25, -0.2) is 0 Å². The van der Waals surface area contributed by atoms with Crippen LogP contribution in [-0.4, -0.2) is 47.1 Å². The van der Waals surface area contributed by atoms with E-state index in [4.69, 9.17) is 0 Å². The predicted molar refractivity (Wildman–Crippen MR) is 91.6 cm³/mol. The van der Waals surface area contributed by atoms with Crippen molar-refractivity contribution in [3.63, 3.8) is 0 Å². The van der Waals surface area contributed by atoms with Crippen molar-refractivity contribution in [2.75, 3.05) is 18.8 Å². The fourth-order valence-electron chi connectivity index (χ4n) is 3.94. The minimum Gasteiger partial charge on any atom is -0.311 e. The molecule has 1 heterocycles. The maximum Gasteiger partial charge on any atom is 0.0221 e. The standard InChI is InChI=1S/C17H34N2S/c1-5-13(4)17-12-19(14(6-2)11-18-17)15-8-9-16(10-15)20-7-3/h13-18H,5-12H2,1-4H3. The molecule has 2 aliphatic rings. The molecule has 20 heavy (non-hydrogen) atoms. The average Bonchev–Trinajstić information content (AvgIpc) is 2.94. The highest BCUT2D eigenvalue weighted by Gasteiger charge is 2.37. The van der Waals surface area contributed by atoms with Gasteiger partial charge in [0.1, 0.15) is 0 Å². The van der Waals surface area contributed by atoms with Gasteiger partial charge in [-0.05, 0) is 37.4 Å². The van der Waals surface area contributed by atoms with Gasteiger partial charge in [-0.3, -0.25) is 4.90 Å². The molecule has 1 N–H and O–H groups in total. The fourth-order valence-corrected chi connectivity index (χ4v) is 5.08. The number of hydrogen-bond acceptors (Lipinski definition) is 3. The zero-order valence-corrected chi connectivity index (χ0v) is 14.7. The Morgan fingerprint density at radius 3 is 2.70 bits per heavy atom. The molecule has 1 aliphatic heterocycles. The molecule has 2 nitrogen and oxygen atoms in total. The topological polar surface area (TPSA) is 15.3 Å². The predicted octanol–water partition coefficient (Wildman–Crippen LogP) is 3.76. The molecule has 5 unspecified atom stereocenters. The summed E-state index contributed by atoms with van der Waals surface area (Å²) in [5.41, 5.74) is 0. The summed E-state index contributed by atoms with van der Waals surface area (Å²) in [7, 11) is 0. The lowest BCUT2D eigenvalue weighted by Gasteiger charge is -2.45. The lowest BCUT2D eigenvalue weighted by Crippen LogP contribution is -2.60. The average molecular weight is 299 g/mol. The summed E-state index contributed by atoms with van der Waals surface area (Å²) in [6.45, 7) is 11.9. The Morgan fingerprint density at radius 1 is 1.25 bits per heavy atom. The Balaban J connectivity index is 1.95. The fraction of sp³-hybridized carbons (Fsp3) is 1.00. The molecular formula is C17H34N2S. The Bertz CT molecular complexity index is 284. The molecule has 2 fully saturated rings. The van der Waals surface area contributed by atoms with E-state index in [0.717, 1.165) is 23.3 Å². The van der Waals surface area contributed by atoms with Gasteiger partial charge in [0, 0.05) is 36.5 Å². The summed E-state index contributed by atoms with van der Waals surface area (Å²) >= 11 is 2.18. The summed E-state index contributed by atoms with van der Waals surface area (Å²) in [4.78, 5) is 2.88. The summed E-state index contributed by atoms with van der Waals surface area (Å²) < 4.78 is 0. The molecule has 3 heteroatoms. The second-order valence-electron chi connectivity index (χ2n) is 6.70. The molecule has 1 saturated heterocycles. The van der Waals surface area contributed by atoms with Crippen LogP contribution in [0.15, 0.2) is 0 Å². The van der Waals surface area contributed by atoms with Gasteiger partial charge < -0.3 is 5.32 Å². The van der Waals surface area contributed by atoms with Gasteiger partial charge >= 0.3 is 0 Å². The SMILES string of the molecule is CCSC1CCC(N2CC(C(C)CC)NCC2CC)C1. The number of thioether (sulfide) groups is 1. The van der Waals surface area contributed by atoms with Crippen LogP contribution >= 0.6 is 11.8 Å². The van der Waals surface area contributed by atoms with Crippen LogP contribution in [0.1, 0.15) is 59.8 Å². The highest BCUT2D eigenvalue weighted by Crippen LogP contribution is 2.35. The first kappa shape index (κ1) is 16.6. The van der Waals surface area contributed by atoms with Crippen LogP contribution in [0.3, 0.4) is 0 Å². The van der Waals surface area contributed by atoms with Crippen LogP contribution in [0.25, 0.3) is 0 Å². The minimum atomic E-state index is 0.709. The van der Waals surface area contributed by atoms with E-state index >= 15 is 0 Å². The van der Waals surface area contributed by atoms with E-state index in [2.05, 4.69) is 49.7 Å². The zero-order chi connectivity index (χ0) is 14.5. The Hall–Kier alpha value is 0.270. The van der Waals surface area contributed by atoms with E-state index in [1.165, 1.54) is 50.9 Å². The first-order valence-electron chi connectivity index (χ1n) is 8.80. The molecular weight excluding hydrogens is 264 g/mol. The van der Waals surface area contributed by atoms with Gasteiger partial charge in [0.25, 0.3) is 0 Å². The minimum absolute atomic E-state index is 0.709. The molecule has 0 radical (unpaired) electrons. The molecule has 5 atom stereocenters. The molecule has 1 aliphatic carbocycles. The molecule has 0 bridgehead atoms. The Morgan fingerprint density at radius 2 is 2.05 bits per heavy atom. The van der Waals surface area contributed by atoms with E-state index in [9.17, 15) is 0 Å². The molecule has 0 spiro atoms. The smallest absolute Gasteiger partial charge is 0.0221 e. The maximum atomic E-state index is 3.81. The van der Waals surface area contributed by atoms with E-state index in [1.807, 2.05) is 0 Å². The van der Waals surface area contributed by atoms with Crippen LogP contribution in [0.5, 0.6) is 0 Å². The zero-order valence-electron chi connectivity index (χ0n) is 13.9. The quantitative estimate of drug-likeness (QED) is 0.804.